The Morgan fingerprint density at radius 3 is 2.22 bits per heavy atom. The van der Waals surface area contributed by atoms with Crippen molar-refractivity contribution in [2.75, 3.05) is 11.5 Å². The van der Waals surface area contributed by atoms with Gasteiger partial charge in [-0.2, -0.15) is 0 Å². The van der Waals surface area contributed by atoms with E-state index in [4.69, 9.17) is 5.73 Å². The lowest BCUT2D eigenvalue weighted by Gasteiger charge is -2.34. The Hall–Kier alpha value is -3.45. The van der Waals surface area contributed by atoms with Crippen LogP contribution in [0.15, 0.2) is 89.3 Å². The second kappa shape index (κ2) is 12.6. The van der Waals surface area contributed by atoms with Crippen LogP contribution in [0.25, 0.3) is 10.2 Å². The second-order valence-corrected chi connectivity index (χ2v) is 14.8. The highest BCUT2D eigenvalue weighted by atomic mass is 32.2. The first-order chi connectivity index (χ1) is 19.4. The highest BCUT2D eigenvalue weighted by Crippen LogP contribution is 2.28. The van der Waals surface area contributed by atoms with Crippen molar-refractivity contribution in [2.24, 2.45) is 17.6 Å². The van der Waals surface area contributed by atoms with Gasteiger partial charge < -0.3 is 5.73 Å². The number of amides is 1. The molecule has 0 fully saturated rings. The van der Waals surface area contributed by atoms with Gasteiger partial charge in [0.15, 0.2) is 15.6 Å². The SMILES string of the molecule is CC(CS(=O)(=O)CC(=O)c1ccccc1)C(=O)N([C@H](N)[C@@H](C)Cc1ccccc1)S(=O)(=O)c1ccc2ncsc2c1. The van der Waals surface area contributed by atoms with Gasteiger partial charge in [-0.3, -0.25) is 9.59 Å². The van der Waals surface area contributed by atoms with Crippen LogP contribution in [0, 0.1) is 11.8 Å². The predicted molar refractivity (Wildman–Crippen MR) is 160 cm³/mol. The standard InChI is InChI=1S/C29H31N3O6S3/c1-20(15-22-9-5-3-6-10-22)28(30)32(41(37,38)24-13-14-25-27(16-24)39-19-31-25)29(34)21(2)17-40(35,36)18-26(33)23-11-7-4-8-12-23/h3-14,16,19-21,28H,15,17-18,30H2,1-2H3/t20-,21?,28-/m0/s1. The van der Waals surface area contributed by atoms with Crippen molar-refractivity contribution in [1.29, 1.82) is 0 Å². The molecule has 0 saturated carbocycles. The van der Waals surface area contributed by atoms with E-state index in [0.29, 0.717) is 20.9 Å². The highest BCUT2D eigenvalue weighted by molar-refractivity contribution is 7.92. The summed E-state index contributed by atoms with van der Waals surface area (Å²) in [6.45, 7) is 3.07. The maximum atomic E-state index is 14.0. The van der Waals surface area contributed by atoms with E-state index >= 15 is 0 Å². The Morgan fingerprint density at radius 1 is 0.927 bits per heavy atom. The molecule has 3 aromatic carbocycles. The Kier molecular flexibility index (Phi) is 9.37. The summed E-state index contributed by atoms with van der Waals surface area (Å²) in [5.41, 5.74) is 9.82. The number of rotatable bonds is 12. The molecule has 0 radical (unpaired) electrons. The number of fused-ring (bicyclic) bond motifs is 1. The lowest BCUT2D eigenvalue weighted by molar-refractivity contribution is -0.131. The zero-order valence-corrected chi connectivity index (χ0v) is 25.0. The van der Waals surface area contributed by atoms with E-state index in [-0.39, 0.29) is 10.5 Å². The quantitative estimate of drug-likeness (QED) is 0.187. The third-order valence-electron chi connectivity index (χ3n) is 6.70. The van der Waals surface area contributed by atoms with E-state index in [0.717, 1.165) is 5.56 Å². The first kappa shape index (κ1) is 30.5. The largest absolute Gasteiger partial charge is 0.310 e. The third kappa shape index (κ3) is 7.25. The van der Waals surface area contributed by atoms with Crippen LogP contribution in [-0.2, 0) is 31.1 Å². The smallest absolute Gasteiger partial charge is 0.267 e. The fraction of sp³-hybridized carbons (Fsp3) is 0.276. The molecule has 1 aromatic heterocycles. The van der Waals surface area contributed by atoms with Crippen molar-refractivity contribution in [3.05, 3.63) is 95.5 Å². The molecule has 1 heterocycles. The first-order valence-electron chi connectivity index (χ1n) is 12.9. The molecule has 0 aliphatic heterocycles. The molecule has 0 aliphatic rings. The molecule has 9 nitrogen and oxygen atoms in total. The minimum Gasteiger partial charge on any atom is -0.310 e. The average Bonchev–Trinajstić information content (AvgIpc) is 3.41. The monoisotopic (exact) mass is 613 g/mol. The Morgan fingerprint density at radius 2 is 1.56 bits per heavy atom. The zero-order valence-electron chi connectivity index (χ0n) is 22.6. The number of thiazole rings is 1. The van der Waals surface area contributed by atoms with Gasteiger partial charge in [-0.25, -0.2) is 26.1 Å². The highest BCUT2D eigenvalue weighted by Gasteiger charge is 2.40. The summed E-state index contributed by atoms with van der Waals surface area (Å²) in [5, 5.41) is 0. The van der Waals surface area contributed by atoms with Gasteiger partial charge in [0.2, 0.25) is 5.91 Å². The van der Waals surface area contributed by atoms with Crippen molar-refractivity contribution >= 4 is 53.1 Å². The number of hydrogen-bond acceptors (Lipinski definition) is 9. The maximum Gasteiger partial charge on any atom is 0.267 e. The van der Waals surface area contributed by atoms with Crippen molar-refractivity contribution in [3.8, 4) is 0 Å². The molecule has 0 bridgehead atoms. The van der Waals surface area contributed by atoms with E-state index < -0.39 is 61.1 Å². The Balaban J connectivity index is 1.63. The van der Waals surface area contributed by atoms with E-state index in [1.54, 1.807) is 36.7 Å². The topological polar surface area (TPSA) is 145 Å². The van der Waals surface area contributed by atoms with Crippen molar-refractivity contribution in [2.45, 2.75) is 31.3 Å². The number of nitrogens with two attached hydrogens (primary N) is 1. The number of aromatic nitrogens is 1. The summed E-state index contributed by atoms with van der Waals surface area (Å²) < 4.78 is 55.1. The van der Waals surface area contributed by atoms with Crippen LogP contribution >= 0.6 is 11.3 Å². The third-order valence-corrected chi connectivity index (χ3v) is 11.0. The molecule has 0 aliphatic carbocycles. The molecule has 0 spiro atoms. The number of sulfonamides is 1. The number of carbonyl (C=O) groups is 2. The van der Waals surface area contributed by atoms with Gasteiger partial charge in [-0.1, -0.05) is 74.5 Å². The molecular weight excluding hydrogens is 583 g/mol. The molecule has 3 atom stereocenters. The fourth-order valence-electron chi connectivity index (χ4n) is 4.51. The molecule has 2 N–H and O–H groups in total. The molecular formula is C29H31N3O6S3. The number of carbonyl (C=O) groups excluding carboxylic acids is 2. The van der Waals surface area contributed by atoms with Gasteiger partial charge >= 0.3 is 0 Å². The Bertz CT molecular complexity index is 1740. The molecule has 4 rings (SSSR count). The Labute approximate surface area is 244 Å². The summed E-state index contributed by atoms with van der Waals surface area (Å²) in [5.74, 6) is -4.89. The van der Waals surface area contributed by atoms with E-state index in [2.05, 4.69) is 4.98 Å². The lowest BCUT2D eigenvalue weighted by atomic mass is 9.98. The van der Waals surface area contributed by atoms with Gasteiger partial charge in [0.25, 0.3) is 10.0 Å². The van der Waals surface area contributed by atoms with Crippen molar-refractivity contribution < 1.29 is 26.4 Å². The molecule has 12 heteroatoms. The van der Waals surface area contributed by atoms with Crippen molar-refractivity contribution in [3.63, 3.8) is 0 Å². The number of ketones is 1. The maximum absolute atomic E-state index is 14.0. The lowest BCUT2D eigenvalue weighted by Crippen LogP contribution is -2.55. The molecule has 4 aromatic rings. The van der Waals surface area contributed by atoms with Crippen LogP contribution in [0.1, 0.15) is 29.8 Å². The molecule has 41 heavy (non-hydrogen) atoms. The van der Waals surface area contributed by atoms with Crippen LogP contribution in [0.5, 0.6) is 0 Å². The molecule has 1 amide bonds. The van der Waals surface area contributed by atoms with Crippen LogP contribution in [0.2, 0.25) is 0 Å². The first-order valence-corrected chi connectivity index (χ1v) is 17.0. The summed E-state index contributed by atoms with van der Waals surface area (Å²) in [6, 6.07) is 21.6. The predicted octanol–water partition coefficient (Wildman–Crippen LogP) is 3.91. The van der Waals surface area contributed by atoms with E-state index in [1.165, 1.54) is 42.5 Å². The van der Waals surface area contributed by atoms with Gasteiger partial charge in [-0.15, -0.1) is 11.3 Å². The minimum absolute atomic E-state index is 0.153. The summed E-state index contributed by atoms with van der Waals surface area (Å²) in [4.78, 5) is 30.4. The van der Waals surface area contributed by atoms with Crippen LogP contribution in [0.3, 0.4) is 0 Å². The zero-order chi connectivity index (χ0) is 29.8. The second-order valence-electron chi connectivity index (χ2n) is 10.0. The van der Waals surface area contributed by atoms with Crippen molar-refractivity contribution in [1.82, 2.24) is 9.29 Å². The minimum atomic E-state index is -4.50. The average molecular weight is 614 g/mol. The van der Waals surface area contributed by atoms with Crippen LogP contribution in [-0.4, -0.2) is 55.5 Å². The number of benzene rings is 3. The summed E-state index contributed by atoms with van der Waals surface area (Å²) in [7, 11) is -8.57. The number of sulfone groups is 1. The molecule has 1 unspecified atom stereocenters. The van der Waals surface area contributed by atoms with Crippen LogP contribution < -0.4 is 5.73 Å². The molecule has 0 saturated heterocycles. The molecule has 216 valence electrons. The van der Waals surface area contributed by atoms with Gasteiger partial charge in [-0.05, 0) is 36.1 Å². The van der Waals surface area contributed by atoms with Gasteiger partial charge in [0.05, 0.1) is 38.5 Å². The number of Topliss-reactive ketones (excluding diaryl/α,β-unsaturated/α-hetero) is 1. The van der Waals surface area contributed by atoms with E-state index in [9.17, 15) is 26.4 Å². The summed E-state index contributed by atoms with van der Waals surface area (Å²) in [6.07, 6.45) is -0.908. The summed E-state index contributed by atoms with van der Waals surface area (Å²) >= 11 is 1.25. The van der Waals surface area contributed by atoms with Gasteiger partial charge in [0, 0.05) is 5.56 Å². The van der Waals surface area contributed by atoms with Crippen LogP contribution in [0.4, 0.5) is 0 Å². The fourth-order valence-corrected chi connectivity index (χ4v) is 8.57. The van der Waals surface area contributed by atoms with Gasteiger partial charge in [0.1, 0.15) is 5.75 Å². The normalized spacial score (nSPS) is 14.3. The van der Waals surface area contributed by atoms with E-state index in [1.807, 2.05) is 30.3 Å². The number of nitrogens with zero attached hydrogens (tertiary/aromatic N) is 2. The number of hydrogen-bond donors (Lipinski definition) is 1.